The van der Waals surface area contributed by atoms with Gasteiger partial charge in [0.1, 0.15) is 5.75 Å². The van der Waals surface area contributed by atoms with Crippen molar-refractivity contribution in [2.45, 2.75) is 26.3 Å². The summed E-state index contributed by atoms with van der Waals surface area (Å²) in [6.45, 7) is 5.40. The minimum absolute atomic E-state index is 0.385. The molecule has 18 heavy (non-hydrogen) atoms. The Morgan fingerprint density at radius 2 is 1.78 bits per heavy atom. The maximum absolute atomic E-state index is 10.0. The summed E-state index contributed by atoms with van der Waals surface area (Å²) in [5.74, 6) is 0.385. The van der Waals surface area contributed by atoms with Gasteiger partial charge in [-0.25, -0.2) is 0 Å². The zero-order valence-corrected chi connectivity index (χ0v) is 11.4. The van der Waals surface area contributed by atoms with Crippen molar-refractivity contribution in [3.63, 3.8) is 0 Å². The van der Waals surface area contributed by atoms with Gasteiger partial charge in [0.25, 0.3) is 0 Å². The van der Waals surface area contributed by atoms with E-state index in [0.29, 0.717) is 11.8 Å². The predicted molar refractivity (Wildman–Crippen MR) is 77.1 cm³/mol. The van der Waals surface area contributed by atoms with E-state index in [1.807, 2.05) is 18.2 Å². The van der Waals surface area contributed by atoms with Crippen molar-refractivity contribution < 1.29 is 5.11 Å². The van der Waals surface area contributed by atoms with Crippen molar-refractivity contribution >= 4 is 10.8 Å². The van der Waals surface area contributed by atoms with Gasteiger partial charge in [-0.2, -0.15) is 0 Å². The molecule has 2 rings (SSSR count). The van der Waals surface area contributed by atoms with Gasteiger partial charge in [-0.05, 0) is 44.3 Å². The smallest absolute Gasteiger partial charge is 0.123 e. The fourth-order valence-corrected chi connectivity index (χ4v) is 2.16. The molecule has 0 aliphatic carbocycles. The molecule has 0 spiro atoms. The second-order valence-electron chi connectivity index (χ2n) is 5.12. The number of phenols is 1. The van der Waals surface area contributed by atoms with Crippen LogP contribution in [-0.2, 0) is 6.42 Å². The molecule has 0 amide bonds. The Hall–Kier alpha value is -1.54. The molecular formula is C16H21NO. The number of aromatic hydroxyl groups is 1. The summed E-state index contributed by atoms with van der Waals surface area (Å²) in [6.07, 6.45) is 0.962. The summed E-state index contributed by atoms with van der Waals surface area (Å²) in [4.78, 5) is 2.32. The van der Waals surface area contributed by atoms with E-state index in [0.717, 1.165) is 23.7 Å². The van der Waals surface area contributed by atoms with E-state index < -0.39 is 0 Å². The molecule has 2 aromatic rings. The number of benzene rings is 2. The van der Waals surface area contributed by atoms with Crippen LogP contribution < -0.4 is 0 Å². The summed E-state index contributed by atoms with van der Waals surface area (Å²) in [5, 5.41) is 12.1. The number of rotatable bonds is 4. The normalized spacial score (nSPS) is 11.6. The summed E-state index contributed by atoms with van der Waals surface area (Å²) in [6, 6.07) is 12.5. The van der Waals surface area contributed by atoms with Crippen molar-refractivity contribution in [3.05, 3.63) is 42.0 Å². The van der Waals surface area contributed by atoms with Crippen molar-refractivity contribution in [2.75, 3.05) is 13.6 Å². The standard InChI is InChI=1S/C16H21NO/c1-12(2)17(3)11-10-14-7-4-6-13-8-5-9-15(18)16(13)14/h4-9,12,18H,10-11H2,1-3H3. The lowest BCUT2D eigenvalue weighted by molar-refractivity contribution is 0.278. The van der Waals surface area contributed by atoms with Gasteiger partial charge in [-0.1, -0.05) is 30.3 Å². The summed E-state index contributed by atoms with van der Waals surface area (Å²) >= 11 is 0. The van der Waals surface area contributed by atoms with Crippen molar-refractivity contribution in [2.24, 2.45) is 0 Å². The van der Waals surface area contributed by atoms with Crippen LogP contribution in [0.4, 0.5) is 0 Å². The van der Waals surface area contributed by atoms with E-state index in [4.69, 9.17) is 0 Å². The van der Waals surface area contributed by atoms with Crippen LogP contribution in [-0.4, -0.2) is 29.6 Å². The molecule has 0 aliphatic rings. The zero-order chi connectivity index (χ0) is 13.1. The highest BCUT2D eigenvalue weighted by molar-refractivity contribution is 5.91. The van der Waals surface area contributed by atoms with E-state index in [9.17, 15) is 5.11 Å². The van der Waals surface area contributed by atoms with Gasteiger partial charge >= 0.3 is 0 Å². The van der Waals surface area contributed by atoms with Gasteiger partial charge in [-0.3, -0.25) is 0 Å². The SMILES string of the molecule is CC(C)N(C)CCc1cccc2cccc(O)c12. The van der Waals surface area contributed by atoms with E-state index in [-0.39, 0.29) is 0 Å². The molecule has 0 aliphatic heterocycles. The molecule has 0 unspecified atom stereocenters. The number of nitrogens with zero attached hydrogens (tertiary/aromatic N) is 1. The fourth-order valence-electron chi connectivity index (χ4n) is 2.16. The molecule has 0 radical (unpaired) electrons. The van der Waals surface area contributed by atoms with Crippen LogP contribution in [0, 0.1) is 0 Å². The van der Waals surface area contributed by atoms with Crippen LogP contribution in [0.5, 0.6) is 5.75 Å². The Kier molecular flexibility index (Phi) is 3.87. The molecule has 0 atom stereocenters. The first kappa shape index (κ1) is 12.9. The maximum atomic E-state index is 10.0. The highest BCUT2D eigenvalue weighted by atomic mass is 16.3. The van der Waals surface area contributed by atoms with Gasteiger partial charge in [-0.15, -0.1) is 0 Å². The Morgan fingerprint density at radius 1 is 1.11 bits per heavy atom. The van der Waals surface area contributed by atoms with Crippen molar-refractivity contribution in [3.8, 4) is 5.75 Å². The lowest BCUT2D eigenvalue weighted by Gasteiger charge is -2.21. The minimum atomic E-state index is 0.385. The third-order valence-electron chi connectivity index (χ3n) is 3.58. The first-order chi connectivity index (χ1) is 8.59. The van der Waals surface area contributed by atoms with Gasteiger partial charge in [0.05, 0.1) is 0 Å². The third-order valence-corrected chi connectivity index (χ3v) is 3.58. The molecule has 0 bridgehead atoms. The predicted octanol–water partition coefficient (Wildman–Crippen LogP) is 3.43. The van der Waals surface area contributed by atoms with E-state index in [2.05, 4.69) is 37.9 Å². The quantitative estimate of drug-likeness (QED) is 0.889. The average molecular weight is 243 g/mol. The first-order valence-electron chi connectivity index (χ1n) is 6.49. The van der Waals surface area contributed by atoms with Crippen LogP contribution >= 0.6 is 0 Å². The molecule has 2 heteroatoms. The fraction of sp³-hybridized carbons (Fsp3) is 0.375. The maximum Gasteiger partial charge on any atom is 0.123 e. The lowest BCUT2D eigenvalue weighted by atomic mass is 10.0. The summed E-state index contributed by atoms with van der Waals surface area (Å²) in [5.41, 5.74) is 1.22. The number of hydrogen-bond donors (Lipinski definition) is 1. The van der Waals surface area contributed by atoms with Crippen LogP contribution in [0.3, 0.4) is 0 Å². The zero-order valence-electron chi connectivity index (χ0n) is 11.4. The Balaban J connectivity index is 2.28. The van der Waals surface area contributed by atoms with Crippen LogP contribution in [0.1, 0.15) is 19.4 Å². The van der Waals surface area contributed by atoms with Gasteiger partial charge in [0.2, 0.25) is 0 Å². The highest BCUT2D eigenvalue weighted by Crippen LogP contribution is 2.28. The molecule has 2 aromatic carbocycles. The molecule has 0 aromatic heterocycles. The first-order valence-corrected chi connectivity index (χ1v) is 6.49. The van der Waals surface area contributed by atoms with Gasteiger partial charge in [0, 0.05) is 18.0 Å². The topological polar surface area (TPSA) is 23.5 Å². The van der Waals surface area contributed by atoms with Crippen molar-refractivity contribution in [1.29, 1.82) is 0 Å². The molecular weight excluding hydrogens is 222 g/mol. The van der Waals surface area contributed by atoms with Gasteiger partial charge in [0.15, 0.2) is 0 Å². The Bertz CT molecular complexity index is 528. The van der Waals surface area contributed by atoms with E-state index >= 15 is 0 Å². The summed E-state index contributed by atoms with van der Waals surface area (Å²) in [7, 11) is 2.13. The minimum Gasteiger partial charge on any atom is -0.507 e. The molecule has 1 N–H and O–H groups in total. The molecule has 0 saturated heterocycles. The second kappa shape index (κ2) is 5.40. The monoisotopic (exact) mass is 243 g/mol. The van der Waals surface area contributed by atoms with Gasteiger partial charge < -0.3 is 10.0 Å². The van der Waals surface area contributed by atoms with Crippen LogP contribution in [0.15, 0.2) is 36.4 Å². The van der Waals surface area contributed by atoms with Crippen LogP contribution in [0.2, 0.25) is 0 Å². The van der Waals surface area contributed by atoms with Crippen LogP contribution in [0.25, 0.3) is 10.8 Å². The third kappa shape index (κ3) is 2.65. The number of likely N-dealkylation sites (N-methyl/N-ethyl adjacent to an activating group) is 1. The second-order valence-corrected chi connectivity index (χ2v) is 5.12. The molecule has 96 valence electrons. The number of hydrogen-bond acceptors (Lipinski definition) is 2. The van der Waals surface area contributed by atoms with E-state index in [1.54, 1.807) is 6.07 Å². The Morgan fingerprint density at radius 3 is 2.44 bits per heavy atom. The molecule has 0 heterocycles. The largest absolute Gasteiger partial charge is 0.507 e. The summed E-state index contributed by atoms with van der Waals surface area (Å²) < 4.78 is 0. The average Bonchev–Trinajstić information content (AvgIpc) is 2.36. The number of phenolic OH excluding ortho intramolecular Hbond substituents is 1. The molecule has 2 nitrogen and oxygen atoms in total. The Labute approximate surface area is 109 Å². The highest BCUT2D eigenvalue weighted by Gasteiger charge is 2.08. The molecule has 0 fully saturated rings. The van der Waals surface area contributed by atoms with Crippen molar-refractivity contribution in [1.82, 2.24) is 4.90 Å². The van der Waals surface area contributed by atoms with E-state index in [1.165, 1.54) is 5.56 Å². The lowest BCUT2D eigenvalue weighted by Crippen LogP contribution is -2.28. The molecule has 0 saturated carbocycles. The number of fused-ring (bicyclic) bond motifs is 1.